The molecule has 1 aromatic heterocycles. The SMILES string of the molecule is CC(C)(C)C1CCN(C(=O)c2cccc(C(=O)O)c2)c2ccnn21. The minimum absolute atomic E-state index is 0.0408. The van der Waals surface area contributed by atoms with Crippen LogP contribution in [-0.4, -0.2) is 33.3 Å². The molecule has 1 unspecified atom stereocenters. The molecule has 126 valence electrons. The van der Waals surface area contributed by atoms with E-state index in [0.29, 0.717) is 12.1 Å². The second-order valence-electron chi connectivity index (χ2n) is 7.15. The van der Waals surface area contributed by atoms with Crippen molar-refractivity contribution in [2.24, 2.45) is 5.41 Å². The lowest BCUT2D eigenvalue weighted by Gasteiger charge is -2.39. The third-order valence-electron chi connectivity index (χ3n) is 4.45. The molecule has 1 atom stereocenters. The number of hydrogen-bond donors (Lipinski definition) is 1. The summed E-state index contributed by atoms with van der Waals surface area (Å²) in [7, 11) is 0. The summed E-state index contributed by atoms with van der Waals surface area (Å²) in [5.41, 5.74) is 0.523. The zero-order valence-electron chi connectivity index (χ0n) is 14.1. The van der Waals surface area contributed by atoms with E-state index in [2.05, 4.69) is 25.9 Å². The molecule has 1 aliphatic rings. The van der Waals surface area contributed by atoms with Crippen molar-refractivity contribution < 1.29 is 14.7 Å². The number of carboxylic acids is 1. The van der Waals surface area contributed by atoms with Crippen molar-refractivity contribution in [3.05, 3.63) is 47.7 Å². The molecule has 2 aromatic rings. The number of fused-ring (bicyclic) bond motifs is 1. The van der Waals surface area contributed by atoms with Gasteiger partial charge in [0.15, 0.2) is 0 Å². The van der Waals surface area contributed by atoms with Gasteiger partial charge in [-0.3, -0.25) is 9.69 Å². The average Bonchev–Trinajstić information content (AvgIpc) is 3.01. The topological polar surface area (TPSA) is 75.4 Å². The lowest BCUT2D eigenvalue weighted by Crippen LogP contribution is -2.42. The third kappa shape index (κ3) is 2.79. The zero-order chi connectivity index (χ0) is 17.5. The summed E-state index contributed by atoms with van der Waals surface area (Å²) in [4.78, 5) is 25.7. The highest BCUT2D eigenvalue weighted by Gasteiger charge is 2.35. The first kappa shape index (κ1) is 16.2. The highest BCUT2D eigenvalue weighted by molar-refractivity contribution is 6.06. The van der Waals surface area contributed by atoms with Crippen molar-refractivity contribution in [3.8, 4) is 0 Å². The fourth-order valence-electron chi connectivity index (χ4n) is 3.20. The minimum Gasteiger partial charge on any atom is -0.478 e. The number of rotatable bonds is 2. The summed E-state index contributed by atoms with van der Waals surface area (Å²) in [5.74, 6) is -0.486. The van der Waals surface area contributed by atoms with Crippen molar-refractivity contribution in [3.63, 3.8) is 0 Å². The number of carbonyl (C=O) groups is 2. The van der Waals surface area contributed by atoms with Crippen molar-refractivity contribution in [1.82, 2.24) is 9.78 Å². The Morgan fingerprint density at radius 1 is 1.21 bits per heavy atom. The van der Waals surface area contributed by atoms with Crippen LogP contribution in [0.1, 0.15) is 53.9 Å². The molecule has 3 rings (SSSR count). The Bertz CT molecular complexity index is 789. The lowest BCUT2D eigenvalue weighted by molar-refractivity contribution is 0.0697. The molecule has 6 nitrogen and oxygen atoms in total. The maximum absolute atomic E-state index is 12.9. The fraction of sp³-hybridized carbons (Fsp3) is 0.389. The smallest absolute Gasteiger partial charge is 0.335 e. The number of aromatic nitrogens is 2. The van der Waals surface area contributed by atoms with Crippen molar-refractivity contribution in [2.45, 2.75) is 33.2 Å². The number of aromatic carboxylic acids is 1. The highest BCUT2D eigenvalue weighted by atomic mass is 16.4. The molecule has 1 N–H and O–H groups in total. The van der Waals surface area contributed by atoms with E-state index in [-0.39, 0.29) is 22.9 Å². The van der Waals surface area contributed by atoms with Crippen LogP contribution >= 0.6 is 0 Å². The molecule has 2 heterocycles. The molecular formula is C18H21N3O3. The Morgan fingerprint density at radius 3 is 2.58 bits per heavy atom. The van der Waals surface area contributed by atoms with E-state index >= 15 is 0 Å². The summed E-state index contributed by atoms with van der Waals surface area (Å²) < 4.78 is 1.91. The molecule has 0 saturated heterocycles. The normalized spacial score (nSPS) is 17.5. The minimum atomic E-state index is -1.04. The van der Waals surface area contributed by atoms with Gasteiger partial charge in [0, 0.05) is 18.2 Å². The number of hydrogen-bond acceptors (Lipinski definition) is 3. The summed E-state index contributed by atoms with van der Waals surface area (Å²) in [5, 5.41) is 13.5. The molecule has 1 amide bonds. The predicted octanol–water partition coefficient (Wildman–Crippen LogP) is 3.22. The van der Waals surface area contributed by atoms with Crippen LogP contribution in [0.3, 0.4) is 0 Å². The van der Waals surface area contributed by atoms with E-state index in [0.717, 1.165) is 12.2 Å². The summed E-state index contributed by atoms with van der Waals surface area (Å²) in [6.45, 7) is 7.08. The molecule has 0 fully saturated rings. The van der Waals surface area contributed by atoms with E-state index in [4.69, 9.17) is 5.11 Å². The molecule has 0 spiro atoms. The Balaban J connectivity index is 1.95. The van der Waals surface area contributed by atoms with Gasteiger partial charge in [0.05, 0.1) is 17.8 Å². The number of benzene rings is 1. The van der Waals surface area contributed by atoms with Crippen LogP contribution < -0.4 is 4.90 Å². The molecule has 1 aromatic carbocycles. The Labute approximate surface area is 140 Å². The first-order chi connectivity index (χ1) is 11.3. The number of carboxylic acid groups (broad SMARTS) is 1. The number of anilines is 1. The van der Waals surface area contributed by atoms with Crippen LogP contribution in [0.4, 0.5) is 5.82 Å². The van der Waals surface area contributed by atoms with Gasteiger partial charge in [-0.1, -0.05) is 26.8 Å². The van der Waals surface area contributed by atoms with Crippen LogP contribution in [0.25, 0.3) is 0 Å². The van der Waals surface area contributed by atoms with Crippen molar-refractivity contribution in [1.29, 1.82) is 0 Å². The third-order valence-corrected chi connectivity index (χ3v) is 4.45. The van der Waals surface area contributed by atoms with Gasteiger partial charge >= 0.3 is 5.97 Å². The van der Waals surface area contributed by atoms with Gasteiger partial charge in [-0.05, 0) is 30.0 Å². The molecule has 1 aliphatic heterocycles. The maximum Gasteiger partial charge on any atom is 0.335 e. The summed E-state index contributed by atoms with van der Waals surface area (Å²) in [6.07, 6.45) is 2.51. The van der Waals surface area contributed by atoms with Gasteiger partial charge in [0.25, 0.3) is 5.91 Å². The van der Waals surface area contributed by atoms with Gasteiger partial charge in [0.2, 0.25) is 0 Å². The van der Waals surface area contributed by atoms with E-state index in [1.165, 1.54) is 12.1 Å². The molecule has 6 heteroatoms. The van der Waals surface area contributed by atoms with Crippen LogP contribution in [-0.2, 0) is 0 Å². The van der Waals surface area contributed by atoms with Crippen molar-refractivity contribution in [2.75, 3.05) is 11.4 Å². The number of amides is 1. The van der Waals surface area contributed by atoms with Gasteiger partial charge in [-0.15, -0.1) is 0 Å². The standard InChI is InChI=1S/C18H21N3O3/c1-18(2,3)14-8-10-20(15-7-9-19-21(14)15)16(22)12-5-4-6-13(11-12)17(23)24/h4-7,9,11,14H,8,10H2,1-3H3,(H,23,24). The van der Waals surface area contributed by atoms with E-state index in [1.54, 1.807) is 23.2 Å². The fourth-order valence-corrected chi connectivity index (χ4v) is 3.20. The average molecular weight is 327 g/mol. The second kappa shape index (κ2) is 5.78. The van der Waals surface area contributed by atoms with E-state index < -0.39 is 5.97 Å². The molecule has 0 aliphatic carbocycles. The summed E-state index contributed by atoms with van der Waals surface area (Å²) in [6, 6.07) is 8.19. The first-order valence-electron chi connectivity index (χ1n) is 7.98. The number of nitrogens with zero attached hydrogens (tertiary/aromatic N) is 3. The highest BCUT2D eigenvalue weighted by Crippen LogP contribution is 2.39. The number of carbonyl (C=O) groups excluding carboxylic acids is 1. The monoisotopic (exact) mass is 327 g/mol. The van der Waals surface area contributed by atoms with E-state index in [1.807, 2.05) is 10.7 Å². The molecule has 0 bridgehead atoms. The predicted molar refractivity (Wildman–Crippen MR) is 90.4 cm³/mol. The van der Waals surface area contributed by atoms with E-state index in [9.17, 15) is 9.59 Å². The van der Waals surface area contributed by atoms with Gasteiger partial charge in [0.1, 0.15) is 5.82 Å². The first-order valence-corrected chi connectivity index (χ1v) is 7.98. The van der Waals surface area contributed by atoms with Gasteiger partial charge in [-0.2, -0.15) is 5.10 Å². The van der Waals surface area contributed by atoms with Crippen LogP contribution in [0.5, 0.6) is 0 Å². The Hall–Kier alpha value is -2.63. The maximum atomic E-state index is 12.9. The second-order valence-corrected chi connectivity index (χ2v) is 7.15. The quantitative estimate of drug-likeness (QED) is 0.919. The van der Waals surface area contributed by atoms with Crippen LogP contribution in [0.2, 0.25) is 0 Å². The molecule has 0 radical (unpaired) electrons. The van der Waals surface area contributed by atoms with Crippen LogP contribution in [0.15, 0.2) is 36.5 Å². The molecule has 0 saturated carbocycles. The van der Waals surface area contributed by atoms with Gasteiger partial charge < -0.3 is 5.11 Å². The Morgan fingerprint density at radius 2 is 1.92 bits per heavy atom. The van der Waals surface area contributed by atoms with Crippen molar-refractivity contribution >= 4 is 17.7 Å². The summed E-state index contributed by atoms with van der Waals surface area (Å²) >= 11 is 0. The Kier molecular flexibility index (Phi) is 3.91. The lowest BCUT2D eigenvalue weighted by atomic mass is 9.84. The zero-order valence-corrected chi connectivity index (χ0v) is 14.1. The molecular weight excluding hydrogens is 306 g/mol. The molecule has 24 heavy (non-hydrogen) atoms. The van der Waals surface area contributed by atoms with Gasteiger partial charge in [-0.25, -0.2) is 9.48 Å². The largest absolute Gasteiger partial charge is 0.478 e. The van der Waals surface area contributed by atoms with Crippen LogP contribution in [0, 0.1) is 5.41 Å².